The van der Waals surface area contributed by atoms with Crippen LogP contribution >= 0.6 is 22.9 Å². The van der Waals surface area contributed by atoms with Gasteiger partial charge in [0.1, 0.15) is 0 Å². The van der Waals surface area contributed by atoms with E-state index in [1.54, 1.807) is 11.3 Å². The van der Waals surface area contributed by atoms with Crippen molar-refractivity contribution in [3.63, 3.8) is 0 Å². The first kappa shape index (κ1) is 19.0. The average Bonchev–Trinajstić information content (AvgIpc) is 3.43. The molecule has 0 spiro atoms. The smallest absolute Gasteiger partial charge is 0.223 e. The molecule has 1 N–H and O–H groups in total. The van der Waals surface area contributed by atoms with Gasteiger partial charge >= 0.3 is 0 Å². The largest absolute Gasteiger partial charge is 0.351 e. The standard InChI is InChI=1S/C23H25ClN4S/c1-14-5-7-15(8-6-14)22-28-20(16-3-2-4-17(24)13-16)21(29-22)19-11-12-25-23(27-19)26-18-9-10-18/h2-4,11-15,18H,5-10H2,1H3,(H,25,26,27). The summed E-state index contributed by atoms with van der Waals surface area (Å²) < 4.78 is 0. The summed E-state index contributed by atoms with van der Waals surface area (Å²) in [6.07, 6.45) is 9.27. The van der Waals surface area contributed by atoms with E-state index in [9.17, 15) is 0 Å². The highest BCUT2D eigenvalue weighted by molar-refractivity contribution is 7.15. The Balaban J connectivity index is 1.55. The molecule has 3 aromatic rings. The molecule has 2 fully saturated rings. The van der Waals surface area contributed by atoms with Crippen molar-refractivity contribution in [3.05, 3.63) is 46.6 Å². The molecule has 1 aromatic carbocycles. The van der Waals surface area contributed by atoms with E-state index in [2.05, 4.69) is 23.3 Å². The number of rotatable bonds is 5. The van der Waals surface area contributed by atoms with Gasteiger partial charge in [-0.1, -0.05) is 43.5 Å². The molecule has 2 aliphatic rings. The van der Waals surface area contributed by atoms with Gasteiger partial charge in [-0.2, -0.15) is 0 Å². The molecule has 4 nitrogen and oxygen atoms in total. The number of nitrogens with zero attached hydrogens (tertiary/aromatic N) is 3. The number of benzene rings is 1. The molecule has 0 atom stereocenters. The SMILES string of the molecule is CC1CCC(c2nc(-c3cccc(Cl)c3)c(-c3ccnc(NC4CC4)n3)s2)CC1. The fraction of sp³-hybridized carbons (Fsp3) is 0.435. The minimum atomic E-state index is 0.527. The van der Waals surface area contributed by atoms with Crippen LogP contribution in [0.1, 0.15) is 56.4 Å². The molecule has 0 bridgehead atoms. The van der Waals surface area contributed by atoms with E-state index in [1.165, 1.54) is 43.5 Å². The predicted octanol–water partition coefficient (Wildman–Crippen LogP) is 6.79. The van der Waals surface area contributed by atoms with Crippen LogP contribution in [0, 0.1) is 5.92 Å². The topological polar surface area (TPSA) is 50.7 Å². The monoisotopic (exact) mass is 424 g/mol. The minimum Gasteiger partial charge on any atom is -0.351 e. The maximum atomic E-state index is 6.29. The molecule has 5 rings (SSSR count). The maximum absolute atomic E-state index is 6.29. The number of hydrogen-bond donors (Lipinski definition) is 1. The Labute approximate surface area is 180 Å². The summed E-state index contributed by atoms with van der Waals surface area (Å²) in [5.41, 5.74) is 2.97. The van der Waals surface area contributed by atoms with Gasteiger partial charge in [0.25, 0.3) is 0 Å². The Morgan fingerprint density at radius 1 is 1.03 bits per heavy atom. The predicted molar refractivity (Wildman–Crippen MR) is 121 cm³/mol. The fourth-order valence-corrected chi connectivity index (χ4v) is 5.41. The minimum absolute atomic E-state index is 0.527. The van der Waals surface area contributed by atoms with Gasteiger partial charge in [-0.3, -0.25) is 0 Å². The fourth-order valence-electron chi connectivity index (χ4n) is 3.99. The highest BCUT2D eigenvalue weighted by Gasteiger charge is 2.26. The van der Waals surface area contributed by atoms with Crippen molar-refractivity contribution < 1.29 is 0 Å². The zero-order valence-corrected chi connectivity index (χ0v) is 18.1. The molecule has 0 amide bonds. The lowest BCUT2D eigenvalue weighted by Gasteiger charge is -2.24. The van der Waals surface area contributed by atoms with E-state index in [4.69, 9.17) is 21.6 Å². The summed E-state index contributed by atoms with van der Waals surface area (Å²) in [7, 11) is 0. The van der Waals surface area contributed by atoms with Gasteiger partial charge in [0.2, 0.25) is 5.95 Å². The molecule has 0 saturated heterocycles. The van der Waals surface area contributed by atoms with Crippen LogP contribution in [-0.4, -0.2) is 21.0 Å². The van der Waals surface area contributed by atoms with Crippen molar-refractivity contribution in [1.29, 1.82) is 0 Å². The van der Waals surface area contributed by atoms with Crippen LogP contribution in [0.3, 0.4) is 0 Å². The highest BCUT2D eigenvalue weighted by Crippen LogP contribution is 2.43. The number of nitrogens with one attached hydrogen (secondary N) is 1. The van der Waals surface area contributed by atoms with Gasteiger partial charge in [0.15, 0.2) is 0 Å². The molecule has 29 heavy (non-hydrogen) atoms. The molecule has 2 aromatic heterocycles. The molecule has 0 radical (unpaired) electrons. The van der Waals surface area contributed by atoms with Crippen molar-refractivity contribution >= 4 is 28.9 Å². The van der Waals surface area contributed by atoms with Gasteiger partial charge < -0.3 is 5.32 Å². The molecule has 0 aliphatic heterocycles. The number of aromatic nitrogens is 3. The van der Waals surface area contributed by atoms with Crippen molar-refractivity contribution in [2.45, 2.75) is 57.4 Å². The molecular weight excluding hydrogens is 400 g/mol. The summed E-state index contributed by atoms with van der Waals surface area (Å²) >= 11 is 8.09. The van der Waals surface area contributed by atoms with Crippen LogP contribution in [-0.2, 0) is 0 Å². The third-order valence-electron chi connectivity index (χ3n) is 5.91. The lowest BCUT2D eigenvalue weighted by atomic mass is 9.83. The quantitative estimate of drug-likeness (QED) is 0.489. The normalized spacial score (nSPS) is 21.9. The molecule has 2 saturated carbocycles. The second-order valence-electron chi connectivity index (χ2n) is 8.38. The molecule has 2 heterocycles. The second-order valence-corrected chi connectivity index (χ2v) is 9.85. The molecular formula is C23H25ClN4S. The Morgan fingerprint density at radius 2 is 1.86 bits per heavy atom. The van der Waals surface area contributed by atoms with Crippen molar-refractivity contribution in [1.82, 2.24) is 15.0 Å². The number of hydrogen-bond acceptors (Lipinski definition) is 5. The molecule has 0 unspecified atom stereocenters. The average molecular weight is 425 g/mol. The molecule has 6 heteroatoms. The Morgan fingerprint density at radius 3 is 2.62 bits per heavy atom. The Kier molecular flexibility index (Phi) is 5.27. The maximum Gasteiger partial charge on any atom is 0.223 e. The van der Waals surface area contributed by atoms with Gasteiger partial charge in [0, 0.05) is 28.7 Å². The van der Waals surface area contributed by atoms with E-state index in [1.807, 2.05) is 30.5 Å². The third-order valence-corrected chi connectivity index (χ3v) is 7.38. The number of halogens is 1. The van der Waals surface area contributed by atoms with Crippen LogP contribution < -0.4 is 5.32 Å². The first-order valence-corrected chi connectivity index (χ1v) is 11.7. The zero-order chi connectivity index (χ0) is 19.8. The third kappa shape index (κ3) is 4.31. The number of thiazole rings is 1. The van der Waals surface area contributed by atoms with Crippen LogP contribution in [0.15, 0.2) is 36.5 Å². The van der Waals surface area contributed by atoms with Crippen LogP contribution in [0.4, 0.5) is 5.95 Å². The summed E-state index contributed by atoms with van der Waals surface area (Å²) in [6, 6.07) is 10.5. The zero-order valence-electron chi connectivity index (χ0n) is 16.6. The number of anilines is 1. The van der Waals surface area contributed by atoms with Crippen molar-refractivity contribution in [2.24, 2.45) is 5.92 Å². The van der Waals surface area contributed by atoms with Crippen LogP contribution in [0.2, 0.25) is 5.02 Å². The summed E-state index contributed by atoms with van der Waals surface area (Å²) in [6.45, 7) is 2.36. The first-order valence-electron chi connectivity index (χ1n) is 10.5. The van der Waals surface area contributed by atoms with Gasteiger partial charge in [-0.05, 0) is 49.8 Å². The lowest BCUT2D eigenvalue weighted by molar-refractivity contribution is 0.347. The van der Waals surface area contributed by atoms with Crippen LogP contribution in [0.5, 0.6) is 0 Å². The first-order chi connectivity index (χ1) is 14.2. The van der Waals surface area contributed by atoms with E-state index in [-0.39, 0.29) is 0 Å². The summed E-state index contributed by atoms with van der Waals surface area (Å²) in [5.74, 6) is 2.09. The van der Waals surface area contributed by atoms with E-state index >= 15 is 0 Å². The van der Waals surface area contributed by atoms with Crippen molar-refractivity contribution in [3.8, 4) is 21.8 Å². The van der Waals surface area contributed by atoms with E-state index < -0.39 is 0 Å². The van der Waals surface area contributed by atoms with E-state index in [0.717, 1.165) is 32.8 Å². The summed E-state index contributed by atoms with van der Waals surface area (Å²) in [5, 5.41) is 5.37. The second kappa shape index (κ2) is 8.04. The lowest BCUT2D eigenvalue weighted by Crippen LogP contribution is -2.10. The molecule has 150 valence electrons. The highest BCUT2D eigenvalue weighted by atomic mass is 35.5. The Bertz CT molecular complexity index is 1010. The van der Waals surface area contributed by atoms with Gasteiger partial charge in [-0.15, -0.1) is 11.3 Å². The van der Waals surface area contributed by atoms with Crippen molar-refractivity contribution in [2.75, 3.05) is 5.32 Å². The Hall–Kier alpha value is -1.98. The molecule has 2 aliphatic carbocycles. The van der Waals surface area contributed by atoms with E-state index in [0.29, 0.717) is 17.9 Å². The van der Waals surface area contributed by atoms with Gasteiger partial charge in [0.05, 0.1) is 21.3 Å². The van der Waals surface area contributed by atoms with Gasteiger partial charge in [-0.25, -0.2) is 15.0 Å². The van der Waals surface area contributed by atoms with Crippen LogP contribution in [0.25, 0.3) is 21.8 Å². The summed E-state index contributed by atoms with van der Waals surface area (Å²) in [4.78, 5) is 15.5.